The fourth-order valence-electron chi connectivity index (χ4n) is 1.33. The second kappa shape index (κ2) is 10.6. The van der Waals surface area contributed by atoms with Gasteiger partial charge in [-0.1, -0.05) is 6.58 Å². The number of rotatable bonds is 10. The van der Waals surface area contributed by atoms with E-state index in [1.165, 1.54) is 0 Å². The monoisotopic (exact) mass is 319 g/mol. The van der Waals surface area contributed by atoms with E-state index in [9.17, 15) is 4.79 Å². The van der Waals surface area contributed by atoms with Crippen LogP contribution in [0.2, 0.25) is 32.2 Å². The van der Waals surface area contributed by atoms with E-state index in [1.807, 2.05) is 0 Å². The smallest absolute Gasteiger partial charge is 0.362 e. The summed E-state index contributed by atoms with van der Waals surface area (Å²) in [4.78, 5) is 11.2. The lowest BCUT2D eigenvalue weighted by atomic mass is 10.3. The maximum Gasteiger partial charge on any atom is 0.362 e. The molecule has 0 saturated heterocycles. The van der Waals surface area contributed by atoms with E-state index in [0.717, 1.165) is 18.9 Å². The van der Waals surface area contributed by atoms with Gasteiger partial charge >= 0.3 is 15.3 Å². The van der Waals surface area contributed by atoms with Crippen LogP contribution in [0.15, 0.2) is 12.2 Å². The molecule has 0 aromatic rings. The predicted octanol–water partition coefficient (Wildman–Crippen LogP) is 2.37. The van der Waals surface area contributed by atoms with Gasteiger partial charge in [-0.25, -0.2) is 4.79 Å². The molecule has 0 bridgehead atoms. The normalized spacial score (nSPS) is 11.4. The van der Waals surface area contributed by atoms with Gasteiger partial charge in [-0.3, -0.25) is 0 Å². The van der Waals surface area contributed by atoms with Gasteiger partial charge in [-0.15, -0.1) is 0 Å². The van der Waals surface area contributed by atoms with Crippen molar-refractivity contribution in [3.05, 3.63) is 12.2 Å². The lowest BCUT2D eigenvalue weighted by Gasteiger charge is -2.20. The van der Waals surface area contributed by atoms with Gasteiger partial charge in [0.2, 0.25) is 0 Å². The Balaban J connectivity index is 3.80. The van der Waals surface area contributed by atoms with E-state index >= 15 is 0 Å². The zero-order valence-electron chi connectivity index (χ0n) is 12.8. The third-order valence-corrected chi connectivity index (χ3v) is 8.73. The Kier molecular flexibility index (Phi) is 10.4. The molecule has 0 saturated carbocycles. The topological polar surface area (TPSA) is 44.8 Å². The van der Waals surface area contributed by atoms with Crippen molar-refractivity contribution in [3.63, 3.8) is 0 Å². The fourth-order valence-corrected chi connectivity index (χ4v) is 7.74. The molecular weight excluding hydrogens is 292 g/mol. The van der Waals surface area contributed by atoms with Crippen molar-refractivity contribution in [1.82, 2.24) is 0 Å². The zero-order chi connectivity index (χ0) is 14.8. The maximum atomic E-state index is 11.2. The van der Waals surface area contributed by atoms with Crippen molar-refractivity contribution >= 4 is 33.3 Å². The van der Waals surface area contributed by atoms with Gasteiger partial charge in [0, 0.05) is 5.57 Å². The molecule has 0 fully saturated rings. The predicted molar refractivity (Wildman–Crippen MR) is 85.5 cm³/mol. The average molecular weight is 320 g/mol. The Morgan fingerprint density at radius 3 is 2.05 bits per heavy atom. The van der Waals surface area contributed by atoms with E-state index in [4.69, 9.17) is 13.0 Å². The van der Waals surface area contributed by atoms with Gasteiger partial charge in [0.05, 0.1) is 6.61 Å². The molecule has 0 aliphatic rings. The van der Waals surface area contributed by atoms with E-state index in [0.29, 0.717) is 12.2 Å². The highest BCUT2D eigenvalue weighted by molar-refractivity contribution is 6.67. The van der Waals surface area contributed by atoms with Gasteiger partial charge in [0.25, 0.3) is 0 Å². The minimum atomic E-state index is -1.09. The van der Waals surface area contributed by atoms with Crippen LogP contribution >= 0.6 is 0 Å². The maximum absolute atomic E-state index is 11.2. The molecule has 0 atom stereocenters. The quantitative estimate of drug-likeness (QED) is 0.268. The van der Waals surface area contributed by atoms with Crippen LogP contribution in [0.4, 0.5) is 0 Å². The first-order chi connectivity index (χ1) is 8.82. The summed E-state index contributed by atoms with van der Waals surface area (Å²) in [6.07, 6.45) is 1.85. The van der Waals surface area contributed by atoms with Gasteiger partial charge in [0.15, 0.2) is 18.1 Å². The third-order valence-electron chi connectivity index (χ3n) is 2.09. The fraction of sp³-hybridized carbons (Fsp3) is 0.750. The minimum Gasteiger partial charge on any atom is -0.462 e. The van der Waals surface area contributed by atoms with Gasteiger partial charge in [-0.05, 0) is 52.0 Å². The Labute approximate surface area is 122 Å². The van der Waals surface area contributed by atoms with E-state index in [-0.39, 0.29) is 5.97 Å². The molecule has 0 spiro atoms. The van der Waals surface area contributed by atoms with Crippen molar-refractivity contribution in [3.8, 4) is 0 Å². The largest absolute Gasteiger partial charge is 0.462 e. The molecule has 0 aromatic heterocycles. The van der Waals surface area contributed by atoms with Crippen LogP contribution in [0, 0.1) is 0 Å². The number of carbonyl (C=O) groups excluding carboxylic acids is 1. The molecule has 0 amide bonds. The first-order valence-corrected chi connectivity index (χ1v) is 13.9. The number of carbonyl (C=O) groups is 1. The van der Waals surface area contributed by atoms with Crippen LogP contribution in [0.1, 0.15) is 19.8 Å². The molecule has 0 aromatic carbocycles. The molecule has 1 radical (unpaired) electrons. The summed E-state index contributed by atoms with van der Waals surface area (Å²) in [6, 6.07) is 0.978. The van der Waals surface area contributed by atoms with Crippen LogP contribution in [-0.2, 0) is 17.8 Å². The van der Waals surface area contributed by atoms with Crippen molar-refractivity contribution in [2.75, 3.05) is 6.61 Å². The molecule has 19 heavy (non-hydrogen) atoms. The molecule has 0 aliphatic heterocycles. The lowest BCUT2D eigenvalue weighted by Crippen LogP contribution is -2.32. The highest BCUT2D eigenvalue weighted by Gasteiger charge is 2.18. The highest BCUT2D eigenvalue weighted by atomic mass is 28.4. The van der Waals surface area contributed by atoms with Gasteiger partial charge in [-0.2, -0.15) is 0 Å². The molecule has 0 aliphatic carbocycles. The average Bonchev–Trinajstić information content (AvgIpc) is 2.26. The highest BCUT2D eigenvalue weighted by Crippen LogP contribution is 2.08. The number of hydrogen-bond donors (Lipinski definition) is 0. The Morgan fingerprint density at radius 1 is 1.11 bits per heavy atom. The Morgan fingerprint density at radius 2 is 1.63 bits per heavy atom. The summed E-state index contributed by atoms with van der Waals surface area (Å²) in [7, 11) is -3.16. The molecule has 111 valence electrons. The lowest BCUT2D eigenvalue weighted by molar-refractivity contribution is -0.139. The Hall–Kier alpha value is -0.219. The zero-order valence-corrected chi connectivity index (χ0v) is 16.1. The van der Waals surface area contributed by atoms with Crippen LogP contribution in [-0.4, -0.2) is 39.9 Å². The second-order valence-electron chi connectivity index (χ2n) is 5.08. The SMILES string of the molecule is C=C(C)C(=O)OCCCC[Si](O[SiH](C)C)O[SiH](C)C. The molecule has 4 nitrogen and oxygen atoms in total. The van der Waals surface area contributed by atoms with Gasteiger partial charge < -0.3 is 13.0 Å². The van der Waals surface area contributed by atoms with E-state index < -0.39 is 27.4 Å². The standard InChI is InChI=1S/C12H27O4Si3/c1-11(2)12(13)14-9-7-8-10-19(15-17(3)4)16-18(5)6/h17-18H,1,7-10H2,2-6H3. The van der Waals surface area contributed by atoms with Gasteiger partial charge in [0.1, 0.15) is 0 Å². The van der Waals surface area contributed by atoms with E-state index in [1.54, 1.807) is 6.92 Å². The molecule has 0 unspecified atom stereocenters. The van der Waals surface area contributed by atoms with Crippen molar-refractivity contribution in [2.45, 2.75) is 52.0 Å². The van der Waals surface area contributed by atoms with E-state index in [2.05, 4.69) is 32.8 Å². The molecule has 0 heterocycles. The van der Waals surface area contributed by atoms with Crippen LogP contribution in [0.3, 0.4) is 0 Å². The minimum absolute atomic E-state index is 0.304. The van der Waals surface area contributed by atoms with Crippen molar-refractivity contribution < 1.29 is 17.8 Å². The van der Waals surface area contributed by atoms with Crippen molar-refractivity contribution in [2.24, 2.45) is 0 Å². The first kappa shape index (κ1) is 18.8. The van der Waals surface area contributed by atoms with Crippen LogP contribution in [0.5, 0.6) is 0 Å². The van der Waals surface area contributed by atoms with Crippen molar-refractivity contribution in [1.29, 1.82) is 0 Å². The third kappa shape index (κ3) is 11.3. The van der Waals surface area contributed by atoms with Crippen LogP contribution < -0.4 is 0 Å². The summed E-state index contributed by atoms with van der Waals surface area (Å²) in [5, 5.41) is 0. The summed E-state index contributed by atoms with van der Waals surface area (Å²) in [6.45, 7) is 14.3. The summed E-state index contributed by atoms with van der Waals surface area (Å²) < 4.78 is 17.0. The number of ether oxygens (including phenoxy) is 1. The molecule has 0 rings (SSSR count). The number of unbranched alkanes of at least 4 members (excludes halogenated alkanes) is 1. The summed E-state index contributed by atoms with van der Waals surface area (Å²) >= 11 is 0. The van der Waals surface area contributed by atoms with Crippen LogP contribution in [0.25, 0.3) is 0 Å². The molecular formula is C12H27O4Si3. The first-order valence-electron chi connectivity index (χ1n) is 6.84. The number of esters is 1. The molecule has 0 N–H and O–H groups in total. The Bertz CT molecular complexity index is 272. The number of hydrogen-bond acceptors (Lipinski definition) is 4. The summed E-state index contributed by atoms with van der Waals surface area (Å²) in [5.41, 5.74) is 0.452. The molecule has 7 heteroatoms. The summed E-state index contributed by atoms with van der Waals surface area (Å²) in [5.74, 6) is -0.304. The second-order valence-corrected chi connectivity index (χ2v) is 12.4.